The third kappa shape index (κ3) is 24.7. The number of hydrogen-bond acceptors (Lipinski definition) is 3. The Bertz CT molecular complexity index is 531. The van der Waals surface area contributed by atoms with E-state index in [1.165, 1.54) is 10.9 Å². The molecule has 25 heavy (non-hydrogen) atoms. The second-order valence-corrected chi connectivity index (χ2v) is 6.10. The van der Waals surface area contributed by atoms with Gasteiger partial charge < -0.3 is 21.8 Å². The monoisotopic (exact) mass is 388 g/mol. The Morgan fingerprint density at radius 1 is 0.960 bits per heavy atom. The Labute approximate surface area is 161 Å². The fourth-order valence-electron chi connectivity index (χ4n) is 1.66. The number of H-pyrrole nitrogens is 1. The summed E-state index contributed by atoms with van der Waals surface area (Å²) < 4.78 is 0. The van der Waals surface area contributed by atoms with Crippen molar-refractivity contribution in [2.75, 3.05) is 0 Å². The zero-order valence-electron chi connectivity index (χ0n) is 14.5. The first-order valence-electron chi connectivity index (χ1n) is 7.31. The lowest BCUT2D eigenvalue weighted by Crippen LogP contribution is -2.29. The Hall–Kier alpha value is -1.64. The van der Waals surface area contributed by atoms with Gasteiger partial charge in [0, 0.05) is 23.8 Å². The van der Waals surface area contributed by atoms with Crippen LogP contribution in [-0.2, 0) is 0 Å². The Morgan fingerprint density at radius 3 is 1.68 bits per heavy atom. The molecule has 0 aliphatic carbocycles. The molecule has 2 rings (SSSR count). The number of rotatable bonds is 2. The van der Waals surface area contributed by atoms with Gasteiger partial charge in [0.25, 0.3) is 10.5 Å². The summed E-state index contributed by atoms with van der Waals surface area (Å²) in [6.07, 6.45) is 1.95. The van der Waals surface area contributed by atoms with Gasteiger partial charge >= 0.3 is 0 Å². The molecular formula is C17H32N4O2S2. The maximum Gasteiger partial charge on any atom is 0.273 e. The molecule has 2 aromatic rings. The highest BCUT2D eigenvalue weighted by Crippen LogP contribution is 2.09. The summed E-state index contributed by atoms with van der Waals surface area (Å²) in [5.74, 6) is 0. The van der Waals surface area contributed by atoms with Crippen LogP contribution in [0.1, 0.15) is 35.1 Å². The van der Waals surface area contributed by atoms with Crippen LogP contribution < -0.4 is 16.8 Å². The number of amides is 2. The van der Waals surface area contributed by atoms with Gasteiger partial charge in [-0.25, -0.2) is 0 Å². The number of hydrogen-bond donors (Lipinski definition) is 6. The minimum Gasteiger partial charge on any atom is -0.361 e. The smallest absolute Gasteiger partial charge is 0.273 e. The van der Waals surface area contributed by atoms with Gasteiger partial charge in [-0.05, 0) is 17.5 Å². The zero-order chi connectivity index (χ0) is 19.1. The third-order valence-electron chi connectivity index (χ3n) is 2.13. The van der Waals surface area contributed by atoms with Crippen molar-refractivity contribution in [1.29, 1.82) is 0 Å². The van der Waals surface area contributed by atoms with Gasteiger partial charge in [-0.3, -0.25) is 9.59 Å². The molecular weight excluding hydrogens is 356 g/mol. The van der Waals surface area contributed by atoms with Gasteiger partial charge in [-0.15, -0.1) is 0 Å². The predicted octanol–water partition coefficient (Wildman–Crippen LogP) is 4.19. The van der Waals surface area contributed by atoms with Crippen LogP contribution in [0.15, 0.2) is 36.5 Å². The fourth-order valence-corrected chi connectivity index (χ4v) is 1.66. The minimum absolute atomic E-state index is 0. The molecule has 8 heteroatoms. The van der Waals surface area contributed by atoms with Gasteiger partial charge in [0.2, 0.25) is 0 Å². The summed E-state index contributed by atoms with van der Waals surface area (Å²) >= 11 is 6.21. The topological polar surface area (TPSA) is 114 Å². The highest BCUT2D eigenvalue weighted by Gasteiger charge is 1.92. The summed E-state index contributed by atoms with van der Waals surface area (Å²) in [7, 11) is 0. The third-order valence-corrected chi connectivity index (χ3v) is 2.13. The molecule has 0 atom stereocenters. The lowest BCUT2D eigenvalue weighted by Gasteiger charge is -2.10. The van der Waals surface area contributed by atoms with Crippen molar-refractivity contribution in [3.05, 3.63) is 36.5 Å². The van der Waals surface area contributed by atoms with Crippen LogP contribution in [0.25, 0.3) is 10.9 Å². The number of carbonyl (C=O) groups is 2. The van der Waals surface area contributed by atoms with E-state index < -0.39 is 10.5 Å². The molecule has 2 amide bonds. The lowest BCUT2D eigenvalue weighted by atomic mass is 10.3. The van der Waals surface area contributed by atoms with Crippen LogP contribution in [0.5, 0.6) is 0 Å². The zero-order valence-corrected chi connectivity index (χ0v) is 16.3. The highest BCUT2D eigenvalue weighted by atomic mass is 32.1. The maximum absolute atomic E-state index is 9.09. The van der Waals surface area contributed by atoms with E-state index in [1.54, 1.807) is 0 Å². The average molecular weight is 389 g/mol. The van der Waals surface area contributed by atoms with Crippen molar-refractivity contribution in [2.45, 2.75) is 47.2 Å². The molecule has 0 saturated carbocycles. The molecule has 0 aliphatic heterocycles. The number of aromatic amines is 1. The molecule has 0 fully saturated rings. The van der Waals surface area contributed by atoms with Crippen LogP contribution in [0.3, 0.4) is 0 Å². The standard InChI is InChI=1S/C8H7N.C6H15N.2CH3NOS.CH4/c1-2-4-8-7(3-1)5-6-9-8;1-5(2)7-6(3)4;2*2-1(3)4;/h1-6,9H;5-7H,1-4H3;2*(H3,2,3,4);1H4. The first-order valence-corrected chi connectivity index (χ1v) is 8.20. The van der Waals surface area contributed by atoms with Gasteiger partial charge in [-0.1, -0.05) is 78.6 Å². The summed E-state index contributed by atoms with van der Waals surface area (Å²) in [5, 5.41) is 3.30. The minimum atomic E-state index is -0.639. The van der Waals surface area contributed by atoms with Crippen LogP contribution in [-0.4, -0.2) is 27.5 Å². The number of benzene rings is 1. The number of primary amides is 2. The predicted molar refractivity (Wildman–Crippen MR) is 116 cm³/mol. The van der Waals surface area contributed by atoms with E-state index in [4.69, 9.17) is 9.59 Å². The first kappa shape index (κ1) is 28.2. The SMILES string of the molecule is C.CC(C)NC(C)C.NC(=O)S.NC(=O)S.c1ccc2[nH]ccc2c1. The fraction of sp³-hybridized carbons (Fsp3) is 0.412. The lowest BCUT2D eigenvalue weighted by molar-refractivity contribution is 0.266. The Balaban J connectivity index is -0.000000274. The Morgan fingerprint density at radius 2 is 1.36 bits per heavy atom. The van der Waals surface area contributed by atoms with E-state index in [0.717, 1.165) is 0 Å². The molecule has 0 bridgehead atoms. The van der Waals surface area contributed by atoms with Crippen LogP contribution in [0, 0.1) is 0 Å². The molecule has 0 spiro atoms. The normalized spacial score (nSPS) is 8.80. The maximum atomic E-state index is 9.09. The van der Waals surface area contributed by atoms with Crippen LogP contribution in [0.4, 0.5) is 9.59 Å². The molecule has 6 N–H and O–H groups in total. The van der Waals surface area contributed by atoms with E-state index in [-0.39, 0.29) is 7.43 Å². The van der Waals surface area contributed by atoms with Crippen molar-refractivity contribution >= 4 is 46.6 Å². The van der Waals surface area contributed by atoms with E-state index in [0.29, 0.717) is 12.1 Å². The number of nitrogens with two attached hydrogens (primary N) is 2. The first-order chi connectivity index (χ1) is 11.1. The molecule has 0 radical (unpaired) electrons. The van der Waals surface area contributed by atoms with Crippen LogP contribution in [0.2, 0.25) is 0 Å². The van der Waals surface area contributed by atoms with Crippen molar-refractivity contribution in [1.82, 2.24) is 10.3 Å². The molecule has 6 nitrogen and oxygen atoms in total. The molecule has 0 saturated heterocycles. The molecule has 0 unspecified atom stereocenters. The second-order valence-electron chi connectivity index (χ2n) is 5.22. The number of thiol groups is 2. The number of fused-ring (bicyclic) bond motifs is 1. The average Bonchev–Trinajstić information content (AvgIpc) is 2.84. The Kier molecular flexibility index (Phi) is 19.4. The second kappa shape index (κ2) is 17.2. The number of para-hydroxylation sites is 1. The van der Waals surface area contributed by atoms with Crippen molar-refractivity contribution in [3.63, 3.8) is 0 Å². The van der Waals surface area contributed by atoms with Gasteiger partial charge in [0.15, 0.2) is 0 Å². The molecule has 144 valence electrons. The van der Waals surface area contributed by atoms with E-state index in [9.17, 15) is 0 Å². The molecule has 1 aromatic heterocycles. The van der Waals surface area contributed by atoms with E-state index in [1.807, 2.05) is 18.3 Å². The summed E-state index contributed by atoms with van der Waals surface area (Å²) in [5.41, 5.74) is 9.88. The number of aromatic nitrogens is 1. The van der Waals surface area contributed by atoms with Crippen molar-refractivity contribution in [3.8, 4) is 0 Å². The highest BCUT2D eigenvalue weighted by molar-refractivity contribution is 7.96. The summed E-state index contributed by atoms with van der Waals surface area (Å²) in [6, 6.07) is 11.5. The van der Waals surface area contributed by atoms with E-state index >= 15 is 0 Å². The molecule has 1 heterocycles. The quantitative estimate of drug-likeness (QED) is 0.434. The van der Waals surface area contributed by atoms with Gasteiger partial charge in [0.1, 0.15) is 0 Å². The van der Waals surface area contributed by atoms with Gasteiger partial charge in [-0.2, -0.15) is 0 Å². The summed E-state index contributed by atoms with van der Waals surface area (Å²) in [4.78, 5) is 21.3. The molecule has 0 aliphatic rings. The molecule has 1 aromatic carbocycles. The van der Waals surface area contributed by atoms with Crippen LogP contribution >= 0.6 is 25.3 Å². The summed E-state index contributed by atoms with van der Waals surface area (Å²) in [6.45, 7) is 8.61. The van der Waals surface area contributed by atoms with Crippen molar-refractivity contribution < 1.29 is 9.59 Å². The number of nitrogens with one attached hydrogen (secondary N) is 2. The van der Waals surface area contributed by atoms with Crippen molar-refractivity contribution in [2.24, 2.45) is 11.5 Å². The number of carbonyl (C=O) groups excluding carboxylic acids is 2. The van der Waals surface area contributed by atoms with Gasteiger partial charge in [0.05, 0.1) is 0 Å². The largest absolute Gasteiger partial charge is 0.361 e. The van der Waals surface area contributed by atoms with E-state index in [2.05, 4.69) is 92.9 Å².